The Bertz CT molecular complexity index is 683. The molecule has 0 radical (unpaired) electrons. The van der Waals surface area contributed by atoms with Crippen LogP contribution in [0.3, 0.4) is 0 Å². The fraction of sp³-hybridized carbons (Fsp3) is 0.286. The van der Waals surface area contributed by atoms with E-state index in [0.29, 0.717) is 18.0 Å². The fourth-order valence-corrected chi connectivity index (χ4v) is 3.30. The predicted molar refractivity (Wildman–Crippen MR) is 75.3 cm³/mol. The van der Waals surface area contributed by atoms with E-state index < -0.39 is 0 Å². The van der Waals surface area contributed by atoms with Crippen LogP contribution in [0.4, 0.5) is 4.39 Å². The summed E-state index contributed by atoms with van der Waals surface area (Å²) < 4.78 is 13.9. The summed E-state index contributed by atoms with van der Waals surface area (Å²) in [6.45, 7) is 1.24. The smallest absolute Gasteiger partial charge is 0.264 e. The number of fused-ring (bicyclic) bond motifs is 1. The molecule has 1 aromatic heterocycles. The third-order valence-corrected chi connectivity index (χ3v) is 4.33. The van der Waals surface area contributed by atoms with Gasteiger partial charge in [0.25, 0.3) is 5.91 Å². The zero-order chi connectivity index (χ0) is 14.1. The molecule has 20 heavy (non-hydrogen) atoms. The summed E-state index contributed by atoms with van der Waals surface area (Å²) in [4.78, 5) is 26.0. The zero-order valence-corrected chi connectivity index (χ0v) is 11.5. The Morgan fingerprint density at radius 1 is 1.35 bits per heavy atom. The van der Waals surface area contributed by atoms with Gasteiger partial charge >= 0.3 is 0 Å². The van der Waals surface area contributed by atoms with E-state index in [1.165, 1.54) is 23.5 Å². The first-order valence-electron chi connectivity index (χ1n) is 6.38. The molecule has 0 saturated carbocycles. The lowest BCUT2D eigenvalue weighted by Crippen LogP contribution is -2.37. The second-order valence-corrected chi connectivity index (χ2v) is 5.81. The summed E-state index contributed by atoms with van der Waals surface area (Å²) in [7, 11) is 0. The van der Waals surface area contributed by atoms with Gasteiger partial charge < -0.3 is 10.2 Å². The molecule has 2 aromatic rings. The number of carbonyl (C=O) groups is 2. The summed E-state index contributed by atoms with van der Waals surface area (Å²) in [6.07, 6.45) is 0.747. The van der Waals surface area contributed by atoms with Crippen LogP contribution < -0.4 is 5.32 Å². The average molecular weight is 292 g/mol. The normalized spacial score (nSPS) is 16.1. The molecule has 0 bridgehead atoms. The van der Waals surface area contributed by atoms with Crippen LogP contribution >= 0.6 is 11.3 Å². The van der Waals surface area contributed by atoms with Gasteiger partial charge in [-0.15, -0.1) is 11.3 Å². The number of nitrogens with zero attached hydrogens (tertiary/aromatic N) is 1. The summed E-state index contributed by atoms with van der Waals surface area (Å²) in [5.41, 5.74) is 0. The number of rotatable bonds is 1. The predicted octanol–water partition coefficient (Wildman–Crippen LogP) is 2.00. The summed E-state index contributed by atoms with van der Waals surface area (Å²) >= 11 is 1.26. The van der Waals surface area contributed by atoms with Gasteiger partial charge in [-0.1, -0.05) is 6.07 Å². The molecule has 0 spiro atoms. The van der Waals surface area contributed by atoms with E-state index in [4.69, 9.17) is 0 Å². The fourth-order valence-electron chi connectivity index (χ4n) is 2.25. The Morgan fingerprint density at radius 3 is 3.05 bits per heavy atom. The molecule has 2 heterocycles. The molecule has 1 saturated heterocycles. The molecule has 1 aliphatic heterocycles. The van der Waals surface area contributed by atoms with Crippen molar-refractivity contribution in [1.29, 1.82) is 0 Å². The van der Waals surface area contributed by atoms with Gasteiger partial charge in [0.05, 0.1) is 11.4 Å². The average Bonchev–Trinajstić information content (AvgIpc) is 2.71. The topological polar surface area (TPSA) is 49.4 Å². The number of carbonyl (C=O) groups excluding carboxylic acids is 2. The Morgan fingerprint density at radius 2 is 2.20 bits per heavy atom. The number of nitrogens with one attached hydrogen (secondary N) is 1. The second kappa shape index (κ2) is 5.20. The van der Waals surface area contributed by atoms with E-state index in [0.717, 1.165) is 16.5 Å². The van der Waals surface area contributed by atoms with Crippen LogP contribution in [0.25, 0.3) is 10.1 Å². The highest BCUT2D eigenvalue weighted by Gasteiger charge is 2.22. The molecule has 104 valence electrons. The van der Waals surface area contributed by atoms with Crippen LogP contribution in [-0.4, -0.2) is 36.3 Å². The highest BCUT2D eigenvalue weighted by molar-refractivity contribution is 7.20. The van der Waals surface area contributed by atoms with Crippen molar-refractivity contribution in [2.45, 2.75) is 6.42 Å². The molecule has 6 heteroatoms. The molecule has 0 atom stereocenters. The molecule has 4 nitrogen and oxygen atoms in total. The van der Waals surface area contributed by atoms with Gasteiger partial charge in [0.2, 0.25) is 5.91 Å². The van der Waals surface area contributed by atoms with E-state index in [9.17, 15) is 14.0 Å². The van der Waals surface area contributed by atoms with Crippen molar-refractivity contribution in [2.75, 3.05) is 19.6 Å². The largest absolute Gasteiger partial charge is 0.354 e. The van der Waals surface area contributed by atoms with E-state index in [-0.39, 0.29) is 24.2 Å². The van der Waals surface area contributed by atoms with Crippen molar-refractivity contribution in [2.24, 2.45) is 0 Å². The summed E-state index contributed by atoms with van der Waals surface area (Å²) in [5.74, 6) is -0.612. The van der Waals surface area contributed by atoms with E-state index in [2.05, 4.69) is 5.32 Å². The SMILES string of the molecule is O=C1CN(C(=O)c2cc3ccc(F)cc3s2)CCCN1. The zero-order valence-electron chi connectivity index (χ0n) is 10.7. The Hall–Kier alpha value is -1.95. The van der Waals surface area contributed by atoms with Crippen molar-refractivity contribution in [3.05, 3.63) is 35.0 Å². The molecule has 1 aliphatic rings. The van der Waals surface area contributed by atoms with E-state index in [1.807, 2.05) is 0 Å². The maximum Gasteiger partial charge on any atom is 0.264 e. The monoisotopic (exact) mass is 292 g/mol. The molecular formula is C14H13FN2O2S. The van der Waals surface area contributed by atoms with Crippen molar-refractivity contribution < 1.29 is 14.0 Å². The molecule has 0 unspecified atom stereocenters. The van der Waals surface area contributed by atoms with Gasteiger partial charge in [0.15, 0.2) is 0 Å². The van der Waals surface area contributed by atoms with Gasteiger partial charge in [-0.2, -0.15) is 0 Å². The number of amides is 2. The Balaban J connectivity index is 1.89. The lowest BCUT2D eigenvalue weighted by molar-refractivity contribution is -0.121. The lowest BCUT2D eigenvalue weighted by Gasteiger charge is -2.17. The van der Waals surface area contributed by atoms with Crippen LogP contribution in [0.1, 0.15) is 16.1 Å². The maximum atomic E-state index is 13.2. The third-order valence-electron chi connectivity index (χ3n) is 3.24. The van der Waals surface area contributed by atoms with Gasteiger partial charge in [-0.3, -0.25) is 9.59 Å². The minimum atomic E-state index is -0.313. The van der Waals surface area contributed by atoms with Gasteiger partial charge in [0, 0.05) is 17.8 Å². The first-order chi connectivity index (χ1) is 9.63. The highest BCUT2D eigenvalue weighted by atomic mass is 32.1. The minimum absolute atomic E-state index is 0.0848. The third kappa shape index (κ3) is 2.51. The molecule has 1 aromatic carbocycles. The van der Waals surface area contributed by atoms with Crippen molar-refractivity contribution >= 4 is 33.2 Å². The standard InChI is InChI=1S/C14H13FN2O2S/c15-10-3-2-9-6-12(20-11(9)7-10)14(19)17-5-1-4-16-13(18)8-17/h2-3,6-7H,1,4-5,8H2,(H,16,18). The molecule has 0 aliphatic carbocycles. The molecule has 1 fully saturated rings. The lowest BCUT2D eigenvalue weighted by atomic mass is 10.2. The molecule has 1 N–H and O–H groups in total. The number of hydrogen-bond acceptors (Lipinski definition) is 3. The Labute approximate surface area is 119 Å². The van der Waals surface area contributed by atoms with Crippen LogP contribution in [-0.2, 0) is 4.79 Å². The number of halogens is 1. The first kappa shape index (κ1) is 13.1. The van der Waals surface area contributed by atoms with Crippen molar-refractivity contribution in [3.63, 3.8) is 0 Å². The quantitative estimate of drug-likeness (QED) is 0.874. The number of benzene rings is 1. The van der Waals surface area contributed by atoms with E-state index in [1.54, 1.807) is 17.0 Å². The van der Waals surface area contributed by atoms with Crippen molar-refractivity contribution in [3.8, 4) is 0 Å². The maximum absolute atomic E-state index is 13.2. The minimum Gasteiger partial charge on any atom is -0.354 e. The number of thiophene rings is 1. The Kier molecular flexibility index (Phi) is 3.40. The van der Waals surface area contributed by atoms with Crippen LogP contribution in [0.5, 0.6) is 0 Å². The summed E-state index contributed by atoms with van der Waals surface area (Å²) in [5, 5.41) is 3.58. The molecule has 2 amide bonds. The van der Waals surface area contributed by atoms with Gasteiger partial charge in [-0.25, -0.2) is 4.39 Å². The number of hydrogen-bond donors (Lipinski definition) is 1. The van der Waals surface area contributed by atoms with Crippen LogP contribution in [0, 0.1) is 5.82 Å². The summed E-state index contributed by atoms with van der Waals surface area (Å²) in [6, 6.07) is 6.21. The van der Waals surface area contributed by atoms with Crippen LogP contribution in [0.15, 0.2) is 24.3 Å². The molecule has 3 rings (SSSR count). The van der Waals surface area contributed by atoms with Gasteiger partial charge in [0.1, 0.15) is 5.82 Å². The van der Waals surface area contributed by atoms with Crippen LogP contribution in [0.2, 0.25) is 0 Å². The second-order valence-electron chi connectivity index (χ2n) is 4.72. The van der Waals surface area contributed by atoms with Crippen molar-refractivity contribution in [1.82, 2.24) is 10.2 Å². The highest BCUT2D eigenvalue weighted by Crippen LogP contribution is 2.27. The first-order valence-corrected chi connectivity index (χ1v) is 7.20. The molecular weight excluding hydrogens is 279 g/mol. The van der Waals surface area contributed by atoms with Gasteiger partial charge in [-0.05, 0) is 30.0 Å². The van der Waals surface area contributed by atoms with E-state index >= 15 is 0 Å².